The van der Waals surface area contributed by atoms with Crippen molar-refractivity contribution in [1.82, 2.24) is 5.32 Å². The third-order valence-electron chi connectivity index (χ3n) is 2.90. The van der Waals surface area contributed by atoms with E-state index in [1.54, 1.807) is 20.8 Å². The van der Waals surface area contributed by atoms with Crippen LogP contribution in [0.5, 0.6) is 0 Å². The van der Waals surface area contributed by atoms with Crippen LogP contribution in [0, 0.1) is 0 Å². The number of amides is 1. The number of carboxylic acids is 1. The number of hydrogen-bond acceptors (Lipinski definition) is 4. The predicted octanol–water partition coefficient (Wildman–Crippen LogP) is 2.28. The number of ether oxygens (including phenoxy) is 1. The lowest BCUT2D eigenvalue weighted by Gasteiger charge is -2.24. The van der Waals surface area contributed by atoms with Gasteiger partial charge in [-0.3, -0.25) is 0 Å². The first-order valence-corrected chi connectivity index (χ1v) is 7.22. The monoisotopic (exact) mass is 346 g/mol. The fourth-order valence-corrected chi connectivity index (χ4v) is 1.96. The molecule has 0 radical (unpaired) electrons. The Bertz CT molecular complexity index is 576. The Hall–Kier alpha value is -2.25. The van der Waals surface area contributed by atoms with Crippen LogP contribution < -0.4 is 10.4 Å². The van der Waals surface area contributed by atoms with Crippen molar-refractivity contribution in [1.29, 1.82) is 0 Å². The average molecular weight is 346 g/mol. The normalized spacial score (nSPS) is 13.2. The first-order valence-electron chi connectivity index (χ1n) is 7.22. The number of hydrogen-bond donors (Lipinski definition) is 1. The van der Waals surface area contributed by atoms with Crippen molar-refractivity contribution >= 4 is 12.1 Å². The Morgan fingerprint density at radius 2 is 1.71 bits per heavy atom. The SMILES string of the molecule is CC(C)(C)OC(=O)N[C@@H](CC(=O)[O-])Cc1ccc(C(F)(F)F)cc1. The van der Waals surface area contributed by atoms with Gasteiger partial charge >= 0.3 is 12.3 Å². The molecule has 0 aliphatic carbocycles. The second-order valence-corrected chi connectivity index (χ2v) is 6.32. The van der Waals surface area contributed by atoms with Gasteiger partial charge in [-0.1, -0.05) is 12.1 Å². The van der Waals surface area contributed by atoms with Gasteiger partial charge in [0.25, 0.3) is 0 Å². The predicted molar refractivity (Wildman–Crippen MR) is 77.9 cm³/mol. The average Bonchev–Trinajstić information content (AvgIpc) is 2.34. The van der Waals surface area contributed by atoms with Crippen LogP contribution in [-0.2, 0) is 22.1 Å². The van der Waals surface area contributed by atoms with Crippen LogP contribution in [0.1, 0.15) is 38.3 Å². The van der Waals surface area contributed by atoms with E-state index in [1.807, 2.05) is 0 Å². The maximum Gasteiger partial charge on any atom is 0.416 e. The largest absolute Gasteiger partial charge is 0.550 e. The number of nitrogens with one attached hydrogen (secondary N) is 1. The van der Waals surface area contributed by atoms with E-state index in [1.165, 1.54) is 12.1 Å². The summed E-state index contributed by atoms with van der Waals surface area (Å²) in [5.74, 6) is -1.39. The van der Waals surface area contributed by atoms with Crippen molar-refractivity contribution in [2.45, 2.75) is 51.4 Å². The van der Waals surface area contributed by atoms with E-state index in [9.17, 15) is 27.9 Å². The topological polar surface area (TPSA) is 78.5 Å². The quantitative estimate of drug-likeness (QED) is 0.887. The van der Waals surface area contributed by atoms with Crippen LogP contribution in [0.15, 0.2) is 24.3 Å². The summed E-state index contributed by atoms with van der Waals surface area (Å²) in [5, 5.41) is 13.2. The highest BCUT2D eigenvalue weighted by Gasteiger charge is 2.30. The summed E-state index contributed by atoms with van der Waals surface area (Å²) in [6.45, 7) is 4.95. The Morgan fingerprint density at radius 3 is 2.12 bits per heavy atom. The minimum Gasteiger partial charge on any atom is -0.550 e. The van der Waals surface area contributed by atoms with Gasteiger partial charge in [-0.15, -0.1) is 0 Å². The van der Waals surface area contributed by atoms with Gasteiger partial charge in [0.1, 0.15) is 5.60 Å². The van der Waals surface area contributed by atoms with Crippen molar-refractivity contribution < 1.29 is 32.6 Å². The molecule has 0 saturated heterocycles. The van der Waals surface area contributed by atoms with Gasteiger partial charge in [-0.2, -0.15) is 13.2 Å². The third kappa shape index (κ3) is 7.34. The van der Waals surface area contributed by atoms with Crippen molar-refractivity contribution in [2.24, 2.45) is 0 Å². The molecule has 0 heterocycles. The molecule has 8 heteroatoms. The van der Waals surface area contributed by atoms with Crippen LogP contribution in [0.4, 0.5) is 18.0 Å². The van der Waals surface area contributed by atoms with Crippen LogP contribution in [0.3, 0.4) is 0 Å². The molecule has 0 bridgehead atoms. The van der Waals surface area contributed by atoms with E-state index in [2.05, 4.69) is 5.32 Å². The molecular weight excluding hydrogens is 327 g/mol. The molecular formula is C16H19F3NO4-. The fraction of sp³-hybridized carbons (Fsp3) is 0.500. The lowest BCUT2D eigenvalue weighted by molar-refractivity contribution is -0.306. The molecule has 0 spiro atoms. The standard InChI is InChI=1S/C16H20F3NO4/c1-15(2,3)24-14(23)20-12(9-13(21)22)8-10-4-6-11(7-5-10)16(17,18)19/h4-7,12H,8-9H2,1-3H3,(H,20,23)(H,21,22)/p-1/t12-/m1/s1. The number of rotatable bonds is 5. The molecule has 0 saturated carbocycles. The first-order chi connectivity index (χ1) is 10.9. The molecule has 1 N–H and O–H groups in total. The Balaban J connectivity index is 2.79. The fourth-order valence-electron chi connectivity index (χ4n) is 1.96. The van der Waals surface area contributed by atoms with Crippen LogP contribution in [-0.4, -0.2) is 23.7 Å². The van der Waals surface area contributed by atoms with E-state index < -0.39 is 41.9 Å². The zero-order valence-electron chi connectivity index (χ0n) is 13.6. The van der Waals surface area contributed by atoms with Crippen LogP contribution in [0.2, 0.25) is 0 Å². The Labute approximate surface area is 137 Å². The molecule has 0 aromatic heterocycles. The minimum absolute atomic E-state index is 0.0331. The van der Waals surface area contributed by atoms with Crippen LogP contribution in [0.25, 0.3) is 0 Å². The zero-order chi connectivity index (χ0) is 18.5. The number of alkyl carbamates (subject to hydrolysis) is 1. The number of carbonyl (C=O) groups is 2. The summed E-state index contributed by atoms with van der Waals surface area (Å²) >= 11 is 0. The smallest absolute Gasteiger partial charge is 0.416 e. The lowest BCUT2D eigenvalue weighted by atomic mass is 10.0. The van der Waals surface area contributed by atoms with E-state index in [0.717, 1.165) is 12.1 Å². The highest BCUT2D eigenvalue weighted by atomic mass is 19.4. The number of benzene rings is 1. The van der Waals surface area contributed by atoms with Crippen molar-refractivity contribution in [3.8, 4) is 0 Å². The molecule has 0 unspecified atom stereocenters. The van der Waals surface area contributed by atoms with Gasteiger partial charge in [0, 0.05) is 18.4 Å². The summed E-state index contributed by atoms with van der Waals surface area (Å²) in [6.07, 6.45) is -5.70. The first kappa shape index (κ1) is 19.8. The highest BCUT2D eigenvalue weighted by Crippen LogP contribution is 2.29. The molecule has 0 aliphatic heterocycles. The van der Waals surface area contributed by atoms with E-state index >= 15 is 0 Å². The molecule has 0 fully saturated rings. The van der Waals surface area contributed by atoms with Gasteiger partial charge < -0.3 is 20.0 Å². The Kier molecular flexibility index (Phi) is 6.22. The molecule has 1 atom stereocenters. The summed E-state index contributed by atoms with van der Waals surface area (Å²) in [7, 11) is 0. The zero-order valence-corrected chi connectivity index (χ0v) is 13.6. The molecule has 1 aromatic carbocycles. The summed E-state index contributed by atoms with van der Waals surface area (Å²) < 4.78 is 42.6. The van der Waals surface area contributed by atoms with E-state index in [0.29, 0.717) is 5.56 Å². The molecule has 1 rings (SSSR count). The third-order valence-corrected chi connectivity index (χ3v) is 2.90. The van der Waals surface area contributed by atoms with Gasteiger partial charge in [0.15, 0.2) is 0 Å². The number of aliphatic carboxylic acids is 1. The molecule has 1 aromatic rings. The van der Waals surface area contributed by atoms with E-state index in [-0.39, 0.29) is 6.42 Å². The maximum absolute atomic E-state index is 12.5. The number of carboxylic acid groups (broad SMARTS) is 1. The van der Waals surface area contributed by atoms with Crippen molar-refractivity contribution in [3.63, 3.8) is 0 Å². The molecule has 134 valence electrons. The maximum atomic E-state index is 12.5. The summed E-state index contributed by atoms with van der Waals surface area (Å²) in [6, 6.07) is 3.42. The summed E-state index contributed by atoms with van der Waals surface area (Å²) in [4.78, 5) is 22.5. The van der Waals surface area contributed by atoms with Gasteiger partial charge in [-0.05, 0) is 44.9 Å². The van der Waals surface area contributed by atoms with Gasteiger partial charge in [-0.25, -0.2) is 4.79 Å². The van der Waals surface area contributed by atoms with E-state index in [4.69, 9.17) is 4.74 Å². The van der Waals surface area contributed by atoms with Crippen molar-refractivity contribution in [3.05, 3.63) is 35.4 Å². The van der Waals surface area contributed by atoms with Gasteiger partial charge in [0.05, 0.1) is 5.56 Å². The molecule has 24 heavy (non-hydrogen) atoms. The molecule has 1 amide bonds. The van der Waals surface area contributed by atoms with Gasteiger partial charge in [0.2, 0.25) is 0 Å². The highest BCUT2D eigenvalue weighted by molar-refractivity contribution is 5.70. The number of carbonyl (C=O) groups excluding carboxylic acids is 2. The number of halogens is 3. The number of alkyl halides is 3. The van der Waals surface area contributed by atoms with Crippen LogP contribution >= 0.6 is 0 Å². The molecule has 0 aliphatic rings. The Morgan fingerprint density at radius 1 is 1.17 bits per heavy atom. The minimum atomic E-state index is -4.45. The second-order valence-electron chi connectivity index (χ2n) is 6.32. The second kappa shape index (κ2) is 7.55. The lowest BCUT2D eigenvalue weighted by Crippen LogP contribution is -2.43. The molecule has 5 nitrogen and oxygen atoms in total. The van der Waals surface area contributed by atoms with Crippen molar-refractivity contribution in [2.75, 3.05) is 0 Å². The summed E-state index contributed by atoms with van der Waals surface area (Å²) in [5.41, 5.74) is -1.11.